The summed E-state index contributed by atoms with van der Waals surface area (Å²) in [7, 11) is 0. The van der Waals surface area contributed by atoms with Crippen LogP contribution < -0.4 is 4.90 Å². The van der Waals surface area contributed by atoms with E-state index in [0.29, 0.717) is 24.2 Å². The van der Waals surface area contributed by atoms with E-state index in [1.807, 2.05) is 6.92 Å². The lowest BCUT2D eigenvalue weighted by Gasteiger charge is -2.40. The molecule has 0 amide bonds. The van der Waals surface area contributed by atoms with Crippen LogP contribution in [-0.2, 0) is 0 Å². The number of aliphatic hydroxyl groups excluding tert-OH is 1. The highest BCUT2D eigenvalue weighted by Crippen LogP contribution is 2.47. The van der Waals surface area contributed by atoms with Crippen molar-refractivity contribution in [1.82, 2.24) is 0 Å². The van der Waals surface area contributed by atoms with E-state index in [1.165, 1.54) is 12.2 Å². The number of quaternary nitrogens is 1. The van der Waals surface area contributed by atoms with Crippen molar-refractivity contribution in [2.24, 2.45) is 0 Å². The minimum absolute atomic E-state index is 0.300. The summed E-state index contributed by atoms with van der Waals surface area (Å²) in [5.41, 5.74) is 0.939. The monoisotopic (exact) mass is 390 g/mol. The first-order valence-electron chi connectivity index (χ1n) is 8.04. The van der Waals surface area contributed by atoms with Crippen LogP contribution in [0.2, 0.25) is 0 Å². The molecular weight excluding hydrogens is 367 g/mol. The first-order chi connectivity index (χ1) is 11.8. The Balaban J connectivity index is 3.14. The van der Waals surface area contributed by atoms with Crippen molar-refractivity contribution in [3.63, 3.8) is 0 Å². The van der Waals surface area contributed by atoms with Crippen molar-refractivity contribution in [1.29, 1.82) is 0 Å². The molecule has 0 saturated carbocycles. The topological polar surface area (TPSA) is 24.7 Å². The van der Waals surface area contributed by atoms with Crippen LogP contribution in [0.25, 0.3) is 0 Å². The van der Waals surface area contributed by atoms with Gasteiger partial charge in [0.15, 0.2) is 6.10 Å². The van der Waals surface area contributed by atoms with Crippen molar-refractivity contribution in [3.05, 3.63) is 37.0 Å². The minimum atomic E-state index is -6.47. The second-order valence-electron chi connectivity index (χ2n) is 6.56. The Morgan fingerprint density at radius 3 is 2.15 bits per heavy atom. The highest BCUT2D eigenvalue weighted by atomic mass is 19.4. The molecule has 150 valence electrons. The zero-order valence-electron chi connectivity index (χ0n) is 14.3. The van der Waals surface area contributed by atoms with E-state index in [-0.39, 0.29) is 6.04 Å². The van der Waals surface area contributed by atoms with Gasteiger partial charge in [-0.05, 0) is 13.0 Å². The summed E-state index contributed by atoms with van der Waals surface area (Å²) in [5, 5.41) is 9.64. The average molecular weight is 390 g/mol. The smallest absolute Gasteiger partial charge is 0.381 e. The molecule has 0 fully saturated rings. The molecule has 1 heterocycles. The number of nitrogens with one attached hydrogen (secondary N) is 1. The molecule has 0 bridgehead atoms. The fourth-order valence-electron chi connectivity index (χ4n) is 3.24. The Labute approximate surface area is 147 Å². The number of hydrogen-bond acceptors (Lipinski definition) is 1. The van der Waals surface area contributed by atoms with Gasteiger partial charge in [0.1, 0.15) is 12.6 Å². The molecule has 0 aromatic carbocycles. The van der Waals surface area contributed by atoms with Gasteiger partial charge in [0.05, 0.1) is 6.04 Å². The van der Waals surface area contributed by atoms with Crippen molar-refractivity contribution >= 4 is 0 Å². The van der Waals surface area contributed by atoms with Crippen LogP contribution in [0.3, 0.4) is 0 Å². The number of rotatable bonds is 8. The van der Waals surface area contributed by atoms with Crippen molar-refractivity contribution in [3.8, 4) is 0 Å². The minimum Gasteiger partial charge on any atom is -0.381 e. The maximum absolute atomic E-state index is 13.8. The van der Waals surface area contributed by atoms with Crippen LogP contribution in [0.15, 0.2) is 37.0 Å². The van der Waals surface area contributed by atoms with Gasteiger partial charge in [-0.15, -0.1) is 13.2 Å². The third kappa shape index (κ3) is 4.49. The lowest BCUT2D eigenvalue weighted by Crippen LogP contribution is -3.20. The van der Waals surface area contributed by atoms with Gasteiger partial charge in [-0.2, -0.15) is 30.7 Å². The van der Waals surface area contributed by atoms with E-state index >= 15 is 0 Å². The number of alkyl halides is 7. The van der Waals surface area contributed by atoms with Gasteiger partial charge in [-0.25, -0.2) is 0 Å². The fourth-order valence-corrected chi connectivity index (χ4v) is 3.24. The lowest BCUT2D eigenvalue weighted by atomic mass is 9.91. The molecule has 0 aromatic heterocycles. The van der Waals surface area contributed by atoms with E-state index in [0.717, 1.165) is 5.57 Å². The summed E-state index contributed by atoms with van der Waals surface area (Å²) in [4.78, 5) is 0.306. The Morgan fingerprint density at radius 1 is 1.15 bits per heavy atom. The van der Waals surface area contributed by atoms with E-state index in [4.69, 9.17) is 0 Å². The van der Waals surface area contributed by atoms with Gasteiger partial charge < -0.3 is 10.0 Å². The van der Waals surface area contributed by atoms with E-state index in [1.54, 1.807) is 6.08 Å². The largest absolute Gasteiger partial charge is 0.459 e. The molecule has 9 heteroatoms. The SMILES string of the molecule is C=CC[C@@H]1CC(C)=C[C@@H](CC=C)[NH+]1C[C@H](O)C(F)(F)C(F)(F)C(F)(F)F. The molecule has 0 aliphatic carbocycles. The van der Waals surface area contributed by atoms with Gasteiger partial charge in [0.2, 0.25) is 0 Å². The highest BCUT2D eigenvalue weighted by molar-refractivity contribution is 5.08. The molecule has 1 aliphatic heterocycles. The van der Waals surface area contributed by atoms with E-state index < -0.39 is 36.7 Å². The summed E-state index contributed by atoms with van der Waals surface area (Å²) >= 11 is 0. The van der Waals surface area contributed by atoms with Crippen LogP contribution in [0, 0.1) is 0 Å². The van der Waals surface area contributed by atoms with Crippen molar-refractivity contribution in [2.45, 2.75) is 62.4 Å². The van der Waals surface area contributed by atoms with Crippen LogP contribution in [0.5, 0.6) is 0 Å². The normalized spacial score (nSPS) is 26.2. The summed E-state index contributed by atoms with van der Waals surface area (Å²) in [6, 6.07) is -0.830. The molecule has 1 rings (SSSR count). The van der Waals surface area contributed by atoms with Gasteiger partial charge in [0.25, 0.3) is 0 Å². The number of aliphatic hydroxyl groups is 1. The quantitative estimate of drug-likeness (QED) is 0.483. The van der Waals surface area contributed by atoms with E-state index in [2.05, 4.69) is 13.2 Å². The van der Waals surface area contributed by atoms with Crippen LogP contribution in [0.1, 0.15) is 26.2 Å². The second-order valence-corrected chi connectivity index (χ2v) is 6.56. The van der Waals surface area contributed by atoms with Gasteiger partial charge in [-0.3, -0.25) is 0 Å². The van der Waals surface area contributed by atoms with Crippen LogP contribution in [0.4, 0.5) is 30.7 Å². The Bertz CT molecular complexity index is 542. The first kappa shape index (κ1) is 22.7. The van der Waals surface area contributed by atoms with Gasteiger partial charge >= 0.3 is 18.0 Å². The number of hydrogen-bond donors (Lipinski definition) is 2. The zero-order chi connectivity index (χ0) is 20.3. The molecule has 0 radical (unpaired) electrons. The Hall–Kier alpha value is -1.35. The summed E-state index contributed by atoms with van der Waals surface area (Å²) in [5.74, 6) is -12.0. The molecule has 4 atom stereocenters. The zero-order valence-corrected chi connectivity index (χ0v) is 14.3. The summed E-state index contributed by atoms with van der Waals surface area (Å²) < 4.78 is 90.9. The molecule has 1 aliphatic rings. The summed E-state index contributed by atoms with van der Waals surface area (Å²) in [6.45, 7) is 7.95. The number of halogens is 7. The molecule has 26 heavy (non-hydrogen) atoms. The molecule has 2 N–H and O–H groups in total. The van der Waals surface area contributed by atoms with Gasteiger partial charge in [0, 0.05) is 19.3 Å². The van der Waals surface area contributed by atoms with E-state index in [9.17, 15) is 35.8 Å². The van der Waals surface area contributed by atoms with Gasteiger partial charge in [-0.1, -0.05) is 17.7 Å². The molecular formula is C17H23F7NO+. The first-order valence-corrected chi connectivity index (χ1v) is 8.04. The highest BCUT2D eigenvalue weighted by Gasteiger charge is 2.75. The van der Waals surface area contributed by atoms with Crippen LogP contribution >= 0.6 is 0 Å². The fraction of sp³-hybridized carbons (Fsp3) is 0.647. The summed E-state index contributed by atoms with van der Waals surface area (Å²) in [6.07, 6.45) is -3.81. The second kappa shape index (κ2) is 8.12. The maximum atomic E-state index is 13.8. The van der Waals surface area contributed by atoms with Crippen molar-refractivity contribution < 1.29 is 40.7 Å². The lowest BCUT2D eigenvalue weighted by molar-refractivity contribution is -0.948. The third-order valence-electron chi connectivity index (χ3n) is 4.55. The third-order valence-corrected chi connectivity index (χ3v) is 4.55. The Kier molecular flexibility index (Phi) is 7.09. The standard InChI is InChI=1S/C17H22F7NO/c1-4-6-12-8-11(3)9-13(7-5-2)25(12)10-14(26)15(18,19)16(20,21)17(22,23)24/h4-5,8,12-14,26H,1-2,6-7,9-10H2,3H3/p+1/t12-,13-,14+/m1/s1. The average Bonchev–Trinajstić information content (AvgIpc) is 2.49. The van der Waals surface area contributed by atoms with Crippen LogP contribution in [-0.4, -0.2) is 47.9 Å². The molecule has 0 spiro atoms. The molecule has 1 unspecified atom stereocenters. The van der Waals surface area contributed by atoms with Crippen molar-refractivity contribution in [2.75, 3.05) is 6.54 Å². The molecule has 0 saturated heterocycles. The maximum Gasteiger partial charge on any atom is 0.459 e. The Morgan fingerprint density at radius 2 is 1.69 bits per heavy atom. The molecule has 0 aromatic rings. The molecule has 2 nitrogen and oxygen atoms in total. The predicted molar refractivity (Wildman–Crippen MR) is 83.4 cm³/mol. The predicted octanol–water partition coefficient (Wildman–Crippen LogP) is 3.30.